The van der Waals surface area contributed by atoms with E-state index in [1.165, 1.54) is 23.9 Å². The Morgan fingerprint density at radius 1 is 1.25 bits per heavy atom. The minimum Gasteiger partial charge on any atom is -0.398 e. The van der Waals surface area contributed by atoms with E-state index >= 15 is 0 Å². The number of benzene rings is 2. The number of anilines is 1. The topological polar surface area (TPSA) is 81.1 Å². The molecule has 0 aliphatic heterocycles. The Morgan fingerprint density at radius 3 is 2.70 bits per heavy atom. The molecule has 0 heterocycles. The van der Waals surface area contributed by atoms with Gasteiger partial charge in [0.05, 0.1) is 0 Å². The first-order valence-electron chi connectivity index (χ1n) is 5.88. The number of nitrogens with one attached hydrogen (secondary N) is 1. The van der Waals surface area contributed by atoms with Gasteiger partial charge in [-0.25, -0.2) is 10.2 Å². The van der Waals surface area contributed by atoms with Gasteiger partial charge in [0, 0.05) is 21.9 Å². The van der Waals surface area contributed by atoms with E-state index in [9.17, 15) is 9.18 Å². The molecule has 0 spiro atoms. The summed E-state index contributed by atoms with van der Waals surface area (Å²) in [4.78, 5) is 12.4. The van der Waals surface area contributed by atoms with Crippen LogP contribution in [0.4, 0.5) is 10.1 Å². The number of rotatable bonds is 4. The molecule has 0 radical (unpaired) electrons. The molecule has 0 unspecified atom stereocenters. The van der Waals surface area contributed by atoms with E-state index in [4.69, 9.17) is 11.6 Å². The Hall–Kier alpha value is -2.05. The minimum atomic E-state index is -0.366. The number of halogens is 1. The van der Waals surface area contributed by atoms with Gasteiger partial charge in [-0.15, -0.1) is 11.8 Å². The van der Waals surface area contributed by atoms with Crippen molar-refractivity contribution in [2.24, 2.45) is 5.84 Å². The predicted octanol–water partition coefficient (Wildman–Crippen LogP) is 2.30. The maximum Gasteiger partial charge on any atom is 0.265 e. The van der Waals surface area contributed by atoms with Crippen LogP contribution in [0.1, 0.15) is 15.9 Å². The number of carbonyl (C=O) groups excluding carboxylic acids is 1. The summed E-state index contributed by atoms with van der Waals surface area (Å²) in [5, 5.41) is 0. The number of thioether (sulfide) groups is 1. The molecule has 0 bridgehead atoms. The zero-order chi connectivity index (χ0) is 14.5. The predicted molar refractivity (Wildman–Crippen MR) is 78.5 cm³/mol. The van der Waals surface area contributed by atoms with Crippen LogP contribution in [-0.4, -0.2) is 5.91 Å². The average Bonchev–Trinajstić information content (AvgIpc) is 2.46. The number of amides is 1. The average molecular weight is 291 g/mol. The molecule has 0 atom stereocenters. The third-order valence-electron chi connectivity index (χ3n) is 2.75. The summed E-state index contributed by atoms with van der Waals surface area (Å²) in [6.45, 7) is 0. The van der Waals surface area contributed by atoms with Crippen LogP contribution in [0, 0.1) is 5.82 Å². The van der Waals surface area contributed by atoms with Crippen LogP contribution in [0.3, 0.4) is 0 Å². The van der Waals surface area contributed by atoms with Gasteiger partial charge >= 0.3 is 0 Å². The van der Waals surface area contributed by atoms with E-state index in [0.29, 0.717) is 17.0 Å². The molecule has 0 saturated carbocycles. The molecule has 2 aromatic carbocycles. The maximum atomic E-state index is 13.0. The van der Waals surface area contributed by atoms with Gasteiger partial charge < -0.3 is 5.73 Å². The third kappa shape index (κ3) is 3.28. The number of hydrogen-bond acceptors (Lipinski definition) is 4. The molecule has 1 amide bonds. The zero-order valence-electron chi connectivity index (χ0n) is 10.6. The van der Waals surface area contributed by atoms with Crippen LogP contribution in [0.15, 0.2) is 47.4 Å². The fourth-order valence-electron chi connectivity index (χ4n) is 1.75. The first-order valence-corrected chi connectivity index (χ1v) is 6.87. The van der Waals surface area contributed by atoms with Crippen molar-refractivity contribution >= 4 is 23.4 Å². The molecule has 4 nitrogen and oxygen atoms in total. The molecular weight excluding hydrogens is 277 g/mol. The molecule has 5 N–H and O–H groups in total. The molecule has 2 aromatic rings. The Kier molecular flexibility index (Phi) is 4.60. The third-order valence-corrected chi connectivity index (χ3v) is 3.89. The fourth-order valence-corrected chi connectivity index (χ4v) is 2.70. The second-order valence-corrected chi connectivity index (χ2v) is 5.12. The van der Waals surface area contributed by atoms with Gasteiger partial charge in [-0.2, -0.15) is 0 Å². The molecule has 2 rings (SSSR count). The maximum absolute atomic E-state index is 13.0. The van der Waals surface area contributed by atoms with Gasteiger partial charge in [0.25, 0.3) is 5.91 Å². The SMILES string of the molecule is NNC(=O)c1ccccc1CSc1ccc(F)cc1N. The number of hydrogen-bond donors (Lipinski definition) is 3. The van der Waals surface area contributed by atoms with E-state index < -0.39 is 0 Å². The minimum absolute atomic E-state index is 0.340. The fraction of sp³-hybridized carbons (Fsp3) is 0.0714. The van der Waals surface area contributed by atoms with E-state index in [2.05, 4.69) is 5.43 Å². The van der Waals surface area contributed by atoms with Gasteiger partial charge in [0.2, 0.25) is 0 Å². The van der Waals surface area contributed by atoms with Crippen molar-refractivity contribution < 1.29 is 9.18 Å². The Labute approximate surface area is 120 Å². The van der Waals surface area contributed by atoms with Gasteiger partial charge in [-0.3, -0.25) is 10.2 Å². The van der Waals surface area contributed by atoms with Crippen molar-refractivity contribution in [1.82, 2.24) is 5.43 Å². The lowest BCUT2D eigenvalue weighted by Gasteiger charge is -2.09. The van der Waals surface area contributed by atoms with Crippen LogP contribution in [0.2, 0.25) is 0 Å². The quantitative estimate of drug-likeness (QED) is 0.265. The van der Waals surface area contributed by atoms with Crippen LogP contribution in [-0.2, 0) is 5.75 Å². The van der Waals surface area contributed by atoms with Gasteiger partial charge in [0.1, 0.15) is 5.82 Å². The molecule has 0 aliphatic rings. The summed E-state index contributed by atoms with van der Waals surface area (Å²) in [5.74, 6) is 4.99. The van der Waals surface area contributed by atoms with Crippen LogP contribution in [0.5, 0.6) is 0 Å². The second kappa shape index (κ2) is 6.40. The lowest BCUT2D eigenvalue weighted by atomic mass is 10.1. The Balaban J connectivity index is 2.17. The monoisotopic (exact) mass is 291 g/mol. The van der Waals surface area contributed by atoms with Crippen molar-refractivity contribution in [3.8, 4) is 0 Å². The second-order valence-electron chi connectivity index (χ2n) is 4.10. The van der Waals surface area contributed by atoms with E-state index in [0.717, 1.165) is 10.5 Å². The van der Waals surface area contributed by atoms with Crippen molar-refractivity contribution in [2.75, 3.05) is 5.73 Å². The van der Waals surface area contributed by atoms with E-state index in [1.54, 1.807) is 18.2 Å². The molecule has 0 aromatic heterocycles. The summed E-state index contributed by atoms with van der Waals surface area (Å²) in [6, 6.07) is 11.4. The van der Waals surface area contributed by atoms with Crippen LogP contribution < -0.4 is 17.0 Å². The summed E-state index contributed by atoms with van der Waals surface area (Å²) >= 11 is 1.44. The number of hydrazine groups is 1. The zero-order valence-corrected chi connectivity index (χ0v) is 11.4. The summed E-state index contributed by atoms with van der Waals surface area (Å²) < 4.78 is 13.0. The van der Waals surface area contributed by atoms with E-state index in [1.807, 2.05) is 12.1 Å². The number of nitrogens with two attached hydrogens (primary N) is 2. The highest BCUT2D eigenvalue weighted by Crippen LogP contribution is 2.29. The highest BCUT2D eigenvalue weighted by Gasteiger charge is 2.10. The highest BCUT2D eigenvalue weighted by atomic mass is 32.2. The van der Waals surface area contributed by atoms with Gasteiger partial charge in [0.15, 0.2) is 0 Å². The largest absolute Gasteiger partial charge is 0.398 e. The van der Waals surface area contributed by atoms with Crippen molar-refractivity contribution in [3.05, 3.63) is 59.4 Å². The number of carbonyl (C=O) groups is 1. The normalized spacial score (nSPS) is 10.3. The Morgan fingerprint density at radius 2 is 2.00 bits per heavy atom. The summed E-state index contributed by atoms with van der Waals surface area (Å²) in [6.07, 6.45) is 0. The lowest BCUT2D eigenvalue weighted by molar-refractivity contribution is 0.0953. The van der Waals surface area contributed by atoms with Crippen molar-refractivity contribution in [1.29, 1.82) is 0 Å². The first-order chi connectivity index (χ1) is 9.61. The van der Waals surface area contributed by atoms with Crippen LogP contribution >= 0.6 is 11.8 Å². The Bertz CT molecular complexity index is 634. The molecule has 20 heavy (non-hydrogen) atoms. The molecule has 0 aliphatic carbocycles. The first kappa shape index (κ1) is 14.4. The van der Waals surface area contributed by atoms with Crippen molar-refractivity contribution in [3.63, 3.8) is 0 Å². The number of nitrogen functional groups attached to an aromatic ring is 2. The molecule has 6 heteroatoms. The smallest absolute Gasteiger partial charge is 0.265 e. The van der Waals surface area contributed by atoms with Crippen LogP contribution in [0.25, 0.3) is 0 Å². The van der Waals surface area contributed by atoms with Gasteiger partial charge in [-0.1, -0.05) is 18.2 Å². The summed E-state index contributed by atoms with van der Waals surface area (Å²) in [5.41, 5.74) is 9.60. The molecule has 0 fully saturated rings. The van der Waals surface area contributed by atoms with Gasteiger partial charge in [-0.05, 0) is 29.8 Å². The van der Waals surface area contributed by atoms with Crippen molar-refractivity contribution in [2.45, 2.75) is 10.6 Å². The highest BCUT2D eigenvalue weighted by molar-refractivity contribution is 7.98. The molecular formula is C14H14FN3OS. The lowest BCUT2D eigenvalue weighted by Crippen LogP contribution is -2.30. The summed E-state index contributed by atoms with van der Waals surface area (Å²) in [7, 11) is 0. The standard InChI is InChI=1S/C14H14FN3OS/c15-10-5-6-13(12(16)7-10)20-8-9-3-1-2-4-11(9)14(19)18-17/h1-7H,8,16-17H2,(H,18,19). The molecule has 0 saturated heterocycles. The van der Waals surface area contributed by atoms with E-state index in [-0.39, 0.29) is 11.7 Å². The molecule has 104 valence electrons.